The molecule has 5 heteroatoms. The summed E-state index contributed by atoms with van der Waals surface area (Å²) in [5.74, 6) is 0. The van der Waals surface area contributed by atoms with Crippen LogP contribution in [0.5, 0.6) is 0 Å². The van der Waals surface area contributed by atoms with E-state index in [4.69, 9.17) is 0 Å². The summed E-state index contributed by atoms with van der Waals surface area (Å²) in [4.78, 5) is 2.60. The molecule has 3 aliphatic rings. The summed E-state index contributed by atoms with van der Waals surface area (Å²) >= 11 is 0. The molecule has 6 rings (SSSR count). The third kappa shape index (κ3) is 8.63. The molecule has 3 aromatic rings. The van der Waals surface area contributed by atoms with Crippen molar-refractivity contribution in [3.63, 3.8) is 0 Å². The molecule has 280 valence electrons. The molecule has 2 heterocycles. The maximum atomic E-state index is 3.92. The normalized spacial score (nSPS) is 19.8. The van der Waals surface area contributed by atoms with Gasteiger partial charge in [0.25, 0.3) is 0 Å². The highest BCUT2D eigenvalue weighted by Crippen LogP contribution is 2.48. The van der Waals surface area contributed by atoms with Crippen molar-refractivity contribution in [3.8, 4) is 0 Å². The Morgan fingerprint density at radius 1 is 0.698 bits per heavy atom. The van der Waals surface area contributed by atoms with E-state index in [2.05, 4.69) is 188 Å². The SMILES string of the molecule is CC1(C)C(/C=C/C2=C(Nc3ccccc3)C(=C/C=C3/N(CCC[N+](C)(C)C)c4ccccc4C3(C)C)/CCC2)=[N+](CCC[N+](C)(C)C)c2ccccc21. The molecule has 0 aromatic heterocycles. The van der Waals surface area contributed by atoms with E-state index < -0.39 is 0 Å². The summed E-state index contributed by atoms with van der Waals surface area (Å²) in [7, 11) is 13.8. The largest absolute Gasteiger partial charge is 0.355 e. The van der Waals surface area contributed by atoms with Crippen molar-refractivity contribution in [1.82, 2.24) is 0 Å². The van der Waals surface area contributed by atoms with Crippen molar-refractivity contribution in [2.24, 2.45) is 0 Å². The van der Waals surface area contributed by atoms with Crippen LogP contribution in [0.1, 0.15) is 70.9 Å². The van der Waals surface area contributed by atoms with E-state index in [1.165, 1.54) is 50.8 Å². The Balaban J connectivity index is 1.41. The first-order valence-electron chi connectivity index (χ1n) is 19.9. The van der Waals surface area contributed by atoms with E-state index in [1.54, 1.807) is 0 Å². The number of para-hydroxylation sites is 3. The molecule has 0 unspecified atom stereocenters. The zero-order chi connectivity index (χ0) is 38.0. The van der Waals surface area contributed by atoms with E-state index in [9.17, 15) is 0 Å². The maximum Gasteiger partial charge on any atom is 0.209 e. The van der Waals surface area contributed by atoms with Crippen LogP contribution in [0.15, 0.2) is 126 Å². The third-order valence-corrected chi connectivity index (χ3v) is 11.5. The van der Waals surface area contributed by atoms with E-state index in [1.807, 2.05) is 0 Å². The van der Waals surface area contributed by atoms with Gasteiger partial charge in [-0.25, -0.2) is 0 Å². The van der Waals surface area contributed by atoms with Crippen LogP contribution < -0.4 is 10.2 Å². The zero-order valence-electron chi connectivity index (χ0n) is 34.5. The second-order valence-electron chi connectivity index (χ2n) is 18.5. The number of nitrogens with zero attached hydrogens (tertiary/aromatic N) is 4. The molecule has 1 aliphatic carbocycles. The molecule has 2 aliphatic heterocycles. The van der Waals surface area contributed by atoms with Gasteiger partial charge in [-0.05, 0) is 74.1 Å². The van der Waals surface area contributed by atoms with Crippen molar-refractivity contribution in [2.75, 3.05) is 78.7 Å². The van der Waals surface area contributed by atoms with E-state index >= 15 is 0 Å². The van der Waals surface area contributed by atoms with Crippen LogP contribution in [0, 0.1) is 0 Å². The van der Waals surface area contributed by atoms with E-state index in [-0.39, 0.29) is 10.8 Å². The van der Waals surface area contributed by atoms with Crippen LogP contribution in [0.25, 0.3) is 0 Å². The molecule has 0 spiro atoms. The number of hydrogen-bond donors (Lipinski definition) is 1. The topological polar surface area (TPSA) is 18.3 Å². The van der Waals surface area contributed by atoms with Crippen LogP contribution in [0.3, 0.4) is 0 Å². The summed E-state index contributed by atoms with van der Waals surface area (Å²) < 4.78 is 4.56. The highest BCUT2D eigenvalue weighted by molar-refractivity contribution is 6.03. The standard InChI is InChI=1S/C48H65N5/c1-47(2)40-25-14-16-27-42(40)50(33-19-35-52(5,6)7)44(47)31-29-37-21-18-22-38(46(37)49-39-23-12-11-13-24-39)30-32-45-48(3,4)41-26-15-17-28-43(41)51(45)34-20-36-53(8,9)10/h11-17,23-32H,18-22,33-36H2,1-10H3/q+2/p+1/b37-29+,44-31+. The first-order valence-corrected chi connectivity index (χ1v) is 19.9. The van der Waals surface area contributed by atoms with Crippen molar-refractivity contribution < 1.29 is 13.5 Å². The Labute approximate surface area is 321 Å². The number of quaternary nitrogens is 2. The van der Waals surface area contributed by atoms with Gasteiger partial charge in [0.15, 0.2) is 12.3 Å². The van der Waals surface area contributed by atoms with Crippen molar-refractivity contribution in [2.45, 2.75) is 70.6 Å². The molecule has 0 saturated heterocycles. The van der Waals surface area contributed by atoms with Crippen LogP contribution in [0.2, 0.25) is 0 Å². The number of anilines is 2. The number of rotatable bonds is 13. The quantitative estimate of drug-likeness (QED) is 0.141. The average molecular weight is 713 g/mol. The smallest absolute Gasteiger partial charge is 0.209 e. The van der Waals surface area contributed by atoms with Gasteiger partial charge in [-0.15, -0.1) is 0 Å². The van der Waals surface area contributed by atoms with Gasteiger partial charge in [-0.1, -0.05) is 80.6 Å². The second-order valence-corrected chi connectivity index (χ2v) is 18.5. The third-order valence-electron chi connectivity index (χ3n) is 11.5. The minimum absolute atomic E-state index is 0.0760. The highest BCUT2D eigenvalue weighted by atomic mass is 15.3. The molecule has 0 saturated carbocycles. The van der Waals surface area contributed by atoms with Gasteiger partial charge in [-0.2, -0.15) is 4.58 Å². The molecule has 0 fully saturated rings. The van der Waals surface area contributed by atoms with Gasteiger partial charge >= 0.3 is 0 Å². The van der Waals surface area contributed by atoms with Gasteiger partial charge in [0.2, 0.25) is 5.69 Å². The van der Waals surface area contributed by atoms with Crippen molar-refractivity contribution in [3.05, 3.63) is 137 Å². The second kappa shape index (κ2) is 15.3. The lowest BCUT2D eigenvalue weighted by Crippen LogP contribution is -2.37. The molecule has 0 atom stereocenters. The first kappa shape index (κ1) is 38.5. The van der Waals surface area contributed by atoms with Gasteiger partial charge < -0.3 is 19.2 Å². The summed E-state index contributed by atoms with van der Waals surface area (Å²) in [6, 6.07) is 28.8. The van der Waals surface area contributed by atoms with Gasteiger partial charge in [0.05, 0.1) is 67.2 Å². The Kier molecular flexibility index (Phi) is 11.1. The van der Waals surface area contributed by atoms with Gasteiger partial charge in [0.1, 0.15) is 0 Å². The van der Waals surface area contributed by atoms with Crippen LogP contribution >= 0.6 is 0 Å². The molecule has 3 aromatic carbocycles. The van der Waals surface area contributed by atoms with Crippen molar-refractivity contribution in [1.29, 1.82) is 0 Å². The Hall–Kier alpha value is -4.19. The van der Waals surface area contributed by atoms with Crippen LogP contribution in [-0.2, 0) is 10.8 Å². The number of nitrogens with one attached hydrogen (secondary N) is 1. The van der Waals surface area contributed by atoms with Crippen molar-refractivity contribution >= 4 is 22.8 Å². The van der Waals surface area contributed by atoms with Crippen LogP contribution in [0.4, 0.5) is 17.1 Å². The lowest BCUT2D eigenvalue weighted by Gasteiger charge is -2.29. The molecule has 5 nitrogen and oxygen atoms in total. The Morgan fingerprint density at radius 3 is 2.06 bits per heavy atom. The number of hydrogen-bond acceptors (Lipinski definition) is 2. The van der Waals surface area contributed by atoms with E-state index in [0.717, 1.165) is 72.9 Å². The zero-order valence-corrected chi connectivity index (χ0v) is 34.5. The molecule has 53 heavy (non-hydrogen) atoms. The Morgan fingerprint density at radius 2 is 1.34 bits per heavy atom. The molecular weight excluding hydrogens is 647 g/mol. The fourth-order valence-electron chi connectivity index (χ4n) is 8.61. The minimum atomic E-state index is -0.0760. The number of benzene rings is 3. The van der Waals surface area contributed by atoms with Gasteiger partial charge in [0, 0.05) is 58.9 Å². The fraction of sp³-hybridized carbons (Fsp3) is 0.438. The van der Waals surface area contributed by atoms with E-state index in [0.29, 0.717) is 0 Å². The molecule has 0 amide bonds. The summed E-state index contributed by atoms with van der Waals surface area (Å²) in [5.41, 5.74) is 13.3. The molecule has 0 bridgehead atoms. The monoisotopic (exact) mass is 713 g/mol. The summed E-state index contributed by atoms with van der Waals surface area (Å²) in [6.45, 7) is 13.9. The summed E-state index contributed by atoms with van der Waals surface area (Å²) in [6.07, 6.45) is 15.3. The lowest BCUT2D eigenvalue weighted by atomic mass is 9.81. The molecule has 0 radical (unpaired) electrons. The fourth-order valence-corrected chi connectivity index (χ4v) is 8.61. The number of allylic oxidation sites excluding steroid dienone is 7. The molecule has 1 N–H and O–H groups in total. The predicted molar refractivity (Wildman–Crippen MR) is 227 cm³/mol. The predicted octanol–water partition coefficient (Wildman–Crippen LogP) is 9.97. The minimum Gasteiger partial charge on any atom is -0.355 e. The summed E-state index contributed by atoms with van der Waals surface area (Å²) in [5, 5.41) is 3.92. The lowest BCUT2D eigenvalue weighted by molar-refractivity contribution is -0.871. The number of fused-ring (bicyclic) bond motifs is 2. The maximum absolute atomic E-state index is 3.92. The first-order chi connectivity index (χ1) is 25.1. The Bertz CT molecular complexity index is 1940. The van der Waals surface area contributed by atoms with Crippen LogP contribution in [-0.4, -0.2) is 87.7 Å². The highest BCUT2D eigenvalue weighted by Gasteiger charge is 2.44. The molecular formula is C48H66N5+3. The average Bonchev–Trinajstić information content (AvgIpc) is 3.45. The van der Waals surface area contributed by atoms with Gasteiger partial charge in [-0.3, -0.25) is 0 Å².